The summed E-state index contributed by atoms with van der Waals surface area (Å²) in [4.78, 5) is 60.7. The first kappa shape index (κ1) is 43.7. The van der Waals surface area contributed by atoms with Crippen molar-refractivity contribution in [1.82, 2.24) is 25.3 Å². The quantitative estimate of drug-likeness (QED) is 0.180. The Balaban J connectivity index is 1.75. The van der Waals surface area contributed by atoms with Crippen molar-refractivity contribution in [3.63, 3.8) is 0 Å². The van der Waals surface area contributed by atoms with Crippen LogP contribution in [0.1, 0.15) is 85.1 Å². The topological polar surface area (TPSA) is 170 Å². The smallest absolute Gasteiger partial charge is 0.245 e. The molecule has 0 aliphatic carbocycles. The summed E-state index contributed by atoms with van der Waals surface area (Å²) in [7, 11) is 6.79. The molecule has 3 rings (SSSR count). The Morgan fingerprint density at radius 3 is 2.32 bits per heavy atom. The van der Waals surface area contributed by atoms with E-state index in [-0.39, 0.29) is 60.4 Å². The van der Waals surface area contributed by atoms with Crippen molar-refractivity contribution in [2.24, 2.45) is 17.8 Å². The van der Waals surface area contributed by atoms with E-state index >= 15 is 0 Å². The van der Waals surface area contributed by atoms with Gasteiger partial charge in [0.2, 0.25) is 23.6 Å². The second kappa shape index (κ2) is 20.7. The lowest BCUT2D eigenvalue weighted by Gasteiger charge is -2.41. The number of hydrogen-bond donors (Lipinski definition) is 3. The number of carbonyl (C=O) groups is 4. The largest absolute Gasteiger partial charge is 0.399 e. The molecule has 1 unspecified atom stereocenters. The lowest BCUT2D eigenvalue weighted by molar-refractivity contribution is -0.148. The third-order valence-corrected chi connectivity index (χ3v) is 11.4. The predicted octanol–water partition coefficient (Wildman–Crippen LogP) is 3.37. The number of amides is 4. The minimum atomic E-state index is -0.724. The molecule has 2 fully saturated rings. The first-order valence-electron chi connectivity index (χ1n) is 19.3. The van der Waals surface area contributed by atoms with E-state index in [2.05, 4.69) is 16.7 Å². The van der Waals surface area contributed by atoms with Gasteiger partial charge in [-0.05, 0) is 75.2 Å². The van der Waals surface area contributed by atoms with Gasteiger partial charge in [-0.25, -0.2) is 0 Å². The number of carbonyl (C=O) groups excluding carboxylic acids is 4. The predicted molar refractivity (Wildman–Crippen MR) is 205 cm³/mol. The zero-order valence-corrected chi connectivity index (χ0v) is 33.5. The average Bonchev–Trinajstić information content (AvgIpc) is 3.79. The van der Waals surface area contributed by atoms with Gasteiger partial charge in [-0.3, -0.25) is 24.1 Å². The Morgan fingerprint density at radius 1 is 1.06 bits per heavy atom. The second-order valence-corrected chi connectivity index (χ2v) is 15.5. The average molecular weight is 740 g/mol. The van der Waals surface area contributed by atoms with E-state index in [0.29, 0.717) is 25.1 Å². The number of ether oxygens (including phenoxy) is 2. The molecule has 53 heavy (non-hydrogen) atoms. The number of nitrogens with two attached hydrogens (primary N) is 1. The van der Waals surface area contributed by atoms with E-state index < -0.39 is 36.3 Å². The van der Waals surface area contributed by atoms with Gasteiger partial charge in [0, 0.05) is 39.5 Å². The molecule has 4 amide bonds. The molecule has 13 heteroatoms. The van der Waals surface area contributed by atoms with Crippen LogP contribution in [0.2, 0.25) is 0 Å². The maximum atomic E-state index is 14.2. The molecule has 0 bridgehead atoms. The van der Waals surface area contributed by atoms with E-state index in [1.54, 1.807) is 44.1 Å². The van der Waals surface area contributed by atoms with Gasteiger partial charge >= 0.3 is 0 Å². The zero-order valence-electron chi connectivity index (χ0n) is 33.5. The van der Waals surface area contributed by atoms with E-state index in [9.17, 15) is 24.4 Å². The molecule has 9 atom stereocenters. The summed E-state index contributed by atoms with van der Waals surface area (Å²) in [6.45, 7) is 11.1. The highest BCUT2D eigenvalue weighted by Gasteiger charge is 2.43. The highest BCUT2D eigenvalue weighted by atomic mass is 16.5. The lowest BCUT2D eigenvalue weighted by Crippen LogP contribution is -2.59. The van der Waals surface area contributed by atoms with Gasteiger partial charge in [0.15, 0.2) is 0 Å². The maximum Gasteiger partial charge on any atom is 0.245 e. The van der Waals surface area contributed by atoms with Crippen molar-refractivity contribution in [2.75, 3.05) is 47.1 Å². The van der Waals surface area contributed by atoms with Gasteiger partial charge < -0.3 is 35.6 Å². The lowest BCUT2D eigenvalue weighted by atomic mass is 9.89. The molecule has 0 spiro atoms. The van der Waals surface area contributed by atoms with E-state index in [0.717, 1.165) is 37.8 Å². The molecule has 0 aromatic heterocycles. The van der Waals surface area contributed by atoms with Crippen molar-refractivity contribution in [1.29, 1.82) is 5.26 Å². The summed E-state index contributed by atoms with van der Waals surface area (Å²) in [5.41, 5.74) is 7.49. The Morgan fingerprint density at radius 2 is 1.75 bits per heavy atom. The Kier molecular flexibility index (Phi) is 17.0. The molecule has 2 heterocycles. The fraction of sp³-hybridized carbons (Fsp3) is 0.725. The van der Waals surface area contributed by atoms with Crippen LogP contribution in [0.15, 0.2) is 24.3 Å². The van der Waals surface area contributed by atoms with Crippen LogP contribution in [-0.2, 0) is 35.1 Å². The molecule has 2 aliphatic heterocycles. The summed E-state index contributed by atoms with van der Waals surface area (Å²) < 4.78 is 12.0. The Bertz CT molecular complexity index is 1420. The van der Waals surface area contributed by atoms with Gasteiger partial charge in [-0.15, -0.1) is 0 Å². The molecule has 1 aromatic rings. The maximum absolute atomic E-state index is 14.2. The molecule has 296 valence electrons. The SMILES string of the molecule is CC[C@H](C)[C@@H]([C@@H](CC(=O)N1CCC[C@H]1[C@H](OC)[C@@H](C)C(=O)N[C@H](CC#N)Cc1cccc(N)c1)OC)N(C)C(=O)[C@@H](NC(=O)C1CCCN1C)C(C)C. The van der Waals surface area contributed by atoms with Crippen molar-refractivity contribution in [3.8, 4) is 6.07 Å². The summed E-state index contributed by atoms with van der Waals surface area (Å²) >= 11 is 0. The second-order valence-electron chi connectivity index (χ2n) is 15.5. The summed E-state index contributed by atoms with van der Waals surface area (Å²) in [5.74, 6) is -1.50. The molecule has 0 radical (unpaired) electrons. The van der Waals surface area contributed by atoms with E-state index in [1.165, 1.54) is 0 Å². The van der Waals surface area contributed by atoms with Crippen LogP contribution in [-0.4, -0.2) is 122 Å². The summed E-state index contributed by atoms with van der Waals surface area (Å²) in [6.07, 6.45) is 3.31. The third-order valence-electron chi connectivity index (χ3n) is 11.4. The van der Waals surface area contributed by atoms with Crippen molar-refractivity contribution < 1.29 is 28.7 Å². The number of nitriles is 1. The molecule has 1 aromatic carbocycles. The van der Waals surface area contributed by atoms with Gasteiger partial charge in [-0.1, -0.05) is 53.2 Å². The monoisotopic (exact) mass is 739 g/mol. The molecule has 13 nitrogen and oxygen atoms in total. The number of anilines is 1. The van der Waals surface area contributed by atoms with E-state index in [4.69, 9.17) is 15.2 Å². The highest BCUT2D eigenvalue weighted by molar-refractivity contribution is 5.90. The Hall–Kier alpha value is -3.73. The minimum absolute atomic E-state index is 0.00956. The van der Waals surface area contributed by atoms with Gasteiger partial charge in [0.05, 0.1) is 55.2 Å². The van der Waals surface area contributed by atoms with Crippen molar-refractivity contribution >= 4 is 29.3 Å². The van der Waals surface area contributed by atoms with E-state index in [1.807, 2.05) is 57.8 Å². The molecular formula is C40H65N7O6. The molecule has 2 aliphatic rings. The number of rotatable bonds is 19. The molecule has 2 saturated heterocycles. The van der Waals surface area contributed by atoms with Gasteiger partial charge in [0.25, 0.3) is 0 Å². The summed E-state index contributed by atoms with van der Waals surface area (Å²) in [6, 6.07) is 7.39. The first-order valence-corrected chi connectivity index (χ1v) is 19.3. The third kappa shape index (κ3) is 11.4. The standard InChI is InChI=1S/C40H65N7O6/c1-10-26(4)36(46(7)40(51)35(25(2)3)44-39(50)32-17-12-20-45(32)6)33(52-8)24-34(48)47-21-13-16-31(47)37(53-9)27(5)38(49)43-30(18-19-41)23-28-14-11-15-29(42)22-28/h11,14-15,22,25-27,30-33,35-37H,10,12-13,16-18,20-21,23-24,42H2,1-9H3,(H,43,49)(H,44,50)/t26-,27+,30+,31-,32?,33+,35-,36-,37+/m0/s1. The number of likely N-dealkylation sites (N-methyl/N-ethyl adjacent to an activating group) is 2. The van der Waals surface area contributed by atoms with Crippen LogP contribution in [0, 0.1) is 29.1 Å². The van der Waals surface area contributed by atoms with Crippen molar-refractivity contribution in [2.45, 2.75) is 128 Å². The number of benzene rings is 1. The number of nitrogens with one attached hydrogen (secondary N) is 2. The number of nitrogens with zero attached hydrogens (tertiary/aromatic N) is 4. The van der Waals surface area contributed by atoms with Crippen LogP contribution in [0.5, 0.6) is 0 Å². The fourth-order valence-corrected chi connectivity index (χ4v) is 8.15. The summed E-state index contributed by atoms with van der Waals surface area (Å²) in [5, 5.41) is 15.6. The molecular weight excluding hydrogens is 674 g/mol. The zero-order chi connectivity index (χ0) is 39.4. The highest BCUT2D eigenvalue weighted by Crippen LogP contribution is 2.30. The van der Waals surface area contributed by atoms with Crippen LogP contribution in [0.4, 0.5) is 5.69 Å². The number of nitrogen functional groups attached to an aromatic ring is 1. The molecule has 4 N–H and O–H groups in total. The number of likely N-dealkylation sites (tertiary alicyclic amines) is 2. The van der Waals surface area contributed by atoms with Crippen LogP contribution in [0.3, 0.4) is 0 Å². The Labute approximate surface area is 317 Å². The number of hydrogen-bond acceptors (Lipinski definition) is 9. The van der Waals surface area contributed by atoms with Crippen molar-refractivity contribution in [3.05, 3.63) is 29.8 Å². The first-order chi connectivity index (χ1) is 25.2. The van der Waals surface area contributed by atoms with Crippen LogP contribution in [0.25, 0.3) is 0 Å². The fourth-order valence-electron chi connectivity index (χ4n) is 8.15. The molecule has 0 saturated carbocycles. The van der Waals surface area contributed by atoms with Gasteiger partial charge in [0.1, 0.15) is 6.04 Å². The van der Waals surface area contributed by atoms with Crippen LogP contribution < -0.4 is 16.4 Å². The number of methoxy groups -OCH3 is 2. The van der Waals surface area contributed by atoms with Gasteiger partial charge in [-0.2, -0.15) is 5.26 Å². The minimum Gasteiger partial charge on any atom is -0.399 e. The normalized spacial score (nSPS) is 21.6. The van der Waals surface area contributed by atoms with Crippen LogP contribution >= 0.6 is 0 Å².